The van der Waals surface area contributed by atoms with Crippen LogP contribution in [0.5, 0.6) is 0 Å². The molecule has 3 N–H and O–H groups in total. The zero-order valence-electron chi connectivity index (χ0n) is 27.9. The van der Waals surface area contributed by atoms with Crippen LogP contribution < -0.4 is 16.3 Å². The van der Waals surface area contributed by atoms with Gasteiger partial charge in [-0.1, -0.05) is 0 Å². The van der Waals surface area contributed by atoms with Crippen LogP contribution in [-0.2, 0) is 33.2 Å². The molecule has 228 valence electrons. The molecule has 14 nitrogen and oxygen atoms in total. The highest BCUT2D eigenvalue weighted by atomic mass is 16.5. The van der Waals surface area contributed by atoms with Crippen molar-refractivity contribution in [2.75, 3.05) is 25.6 Å². The maximum Gasteiger partial charge on any atom is 0.407 e. The van der Waals surface area contributed by atoms with Crippen molar-refractivity contribution in [3.8, 4) is 0 Å². The molecule has 2 saturated carbocycles. The van der Waals surface area contributed by atoms with Crippen LogP contribution in [0.4, 0.5) is 16.4 Å². The van der Waals surface area contributed by atoms with Crippen molar-refractivity contribution in [2.24, 2.45) is 6.98 Å². The first-order valence-electron chi connectivity index (χ1n) is 16.3. The normalized spacial score (nSPS) is 22.7. The maximum atomic E-state index is 13.6. The van der Waals surface area contributed by atoms with Gasteiger partial charge in [-0.15, -0.1) is 0 Å². The number of amides is 1. The lowest BCUT2D eigenvalue weighted by atomic mass is 9.77. The van der Waals surface area contributed by atoms with Gasteiger partial charge in [-0.25, -0.2) is 29.0 Å². The summed E-state index contributed by atoms with van der Waals surface area (Å²) < 4.78 is 46.5. The number of anilines is 2. The number of imidazole rings is 1. The number of carbonyl (C=O) groups excluding carboxylic acids is 2. The van der Waals surface area contributed by atoms with Crippen molar-refractivity contribution >= 4 is 45.8 Å². The zero-order chi connectivity index (χ0) is 33.7. The lowest BCUT2D eigenvalue weighted by Gasteiger charge is -2.39. The van der Waals surface area contributed by atoms with Crippen LogP contribution in [0, 0.1) is 0 Å². The molecule has 0 unspecified atom stereocenters. The van der Waals surface area contributed by atoms with E-state index in [1.54, 1.807) is 29.8 Å². The standard InChI is InChI=1S/C29H36N8O6/c1-4-43-26(39)29(11-5-12-29)37-25-19(20(34-37)10-13-38)8-9-23(33-25)32-24-15-21-22(16-30-24)35(2)28(41)36(21)18-7-6-17(14-18)31-27(40)42-3/h8-9,15-18,38H,4-7,10-14H2,1-3H3,(H,31,40)(H,30,32,33)/t17-,18-/m1/s1/i2D3,17D. The maximum absolute atomic E-state index is 13.6. The summed E-state index contributed by atoms with van der Waals surface area (Å²) in [6, 6.07) is 3.04. The Morgan fingerprint density at radius 3 is 2.79 bits per heavy atom. The molecular formula is C29H36N8O6. The molecule has 6 rings (SSSR count). The van der Waals surface area contributed by atoms with E-state index < -0.39 is 36.4 Å². The van der Waals surface area contributed by atoms with E-state index in [4.69, 9.17) is 20.3 Å². The van der Waals surface area contributed by atoms with Crippen molar-refractivity contribution < 1.29 is 29.7 Å². The van der Waals surface area contributed by atoms with E-state index in [-0.39, 0.29) is 55.3 Å². The highest BCUT2D eigenvalue weighted by Gasteiger charge is 2.49. The Kier molecular flexibility index (Phi) is 6.33. The van der Waals surface area contributed by atoms with Crippen LogP contribution in [0.3, 0.4) is 0 Å². The Morgan fingerprint density at radius 2 is 2.09 bits per heavy atom. The molecule has 0 radical (unpaired) electrons. The minimum absolute atomic E-state index is 0.0494. The van der Waals surface area contributed by atoms with E-state index in [0.29, 0.717) is 46.4 Å². The number of alkyl carbamates (subject to hydrolysis) is 1. The number of aliphatic hydroxyl groups is 1. The summed E-state index contributed by atoms with van der Waals surface area (Å²) in [7, 11) is 1.20. The Bertz CT molecular complexity index is 1920. The van der Waals surface area contributed by atoms with E-state index >= 15 is 0 Å². The van der Waals surface area contributed by atoms with Gasteiger partial charge in [0.2, 0.25) is 0 Å². The molecule has 0 aliphatic heterocycles. The van der Waals surface area contributed by atoms with Crippen molar-refractivity contribution in [3.05, 3.63) is 40.6 Å². The monoisotopic (exact) mass is 596 g/mol. The van der Waals surface area contributed by atoms with Crippen LogP contribution in [0.15, 0.2) is 29.2 Å². The average molecular weight is 597 g/mol. The van der Waals surface area contributed by atoms with E-state index in [1.807, 2.05) is 0 Å². The molecule has 2 aliphatic carbocycles. The predicted octanol–water partition coefficient (Wildman–Crippen LogP) is 2.65. The van der Waals surface area contributed by atoms with Crippen LogP contribution in [0.25, 0.3) is 22.1 Å². The van der Waals surface area contributed by atoms with Gasteiger partial charge in [-0.3, -0.25) is 9.13 Å². The third kappa shape index (κ3) is 4.88. The van der Waals surface area contributed by atoms with E-state index in [1.165, 1.54) is 17.9 Å². The van der Waals surface area contributed by atoms with Gasteiger partial charge in [-0.2, -0.15) is 5.10 Å². The molecule has 2 aliphatic rings. The molecule has 0 bridgehead atoms. The van der Waals surface area contributed by atoms with Gasteiger partial charge in [-0.05, 0) is 57.6 Å². The van der Waals surface area contributed by atoms with Crippen LogP contribution in [0.2, 0.25) is 0 Å². The van der Waals surface area contributed by atoms with E-state index in [2.05, 4.69) is 20.4 Å². The van der Waals surface area contributed by atoms with E-state index in [0.717, 1.165) is 6.42 Å². The third-order valence-electron chi connectivity index (χ3n) is 8.30. The predicted molar refractivity (Wildman–Crippen MR) is 157 cm³/mol. The number of carbonyl (C=O) groups is 2. The first-order chi connectivity index (χ1) is 22.3. The number of nitrogens with zero attached hydrogens (tertiary/aromatic N) is 6. The van der Waals surface area contributed by atoms with Crippen molar-refractivity contribution in [1.29, 1.82) is 0 Å². The van der Waals surface area contributed by atoms with Gasteiger partial charge in [0.15, 0.2) is 11.2 Å². The Labute approximate surface area is 252 Å². The summed E-state index contributed by atoms with van der Waals surface area (Å²) >= 11 is 0. The quantitative estimate of drug-likeness (QED) is 0.244. The number of fused-ring (bicyclic) bond motifs is 2. The zero-order valence-corrected chi connectivity index (χ0v) is 23.9. The van der Waals surface area contributed by atoms with Crippen LogP contribution in [-0.4, -0.2) is 72.4 Å². The van der Waals surface area contributed by atoms with Gasteiger partial charge in [0.05, 0.1) is 38.0 Å². The topological polar surface area (TPSA) is 167 Å². The molecule has 0 aromatic carbocycles. The van der Waals surface area contributed by atoms with E-state index in [9.17, 15) is 19.5 Å². The van der Waals surface area contributed by atoms with Crippen LogP contribution in [0.1, 0.15) is 62.7 Å². The molecule has 2 atom stereocenters. The number of rotatable bonds is 9. The summed E-state index contributed by atoms with van der Waals surface area (Å²) in [6.07, 6.45) is 3.28. The number of hydrogen-bond donors (Lipinski definition) is 3. The Balaban J connectivity index is 1.40. The Hall–Kier alpha value is -4.46. The fourth-order valence-electron chi connectivity index (χ4n) is 6.02. The fraction of sp³-hybridized carbons (Fsp3) is 0.517. The third-order valence-corrected chi connectivity index (χ3v) is 8.30. The minimum Gasteiger partial charge on any atom is -0.464 e. The summed E-state index contributed by atoms with van der Waals surface area (Å²) in [4.78, 5) is 47.8. The highest BCUT2D eigenvalue weighted by Crippen LogP contribution is 2.42. The van der Waals surface area contributed by atoms with Gasteiger partial charge in [0, 0.05) is 47.6 Å². The van der Waals surface area contributed by atoms with Gasteiger partial charge >= 0.3 is 17.8 Å². The Morgan fingerprint density at radius 1 is 1.26 bits per heavy atom. The largest absolute Gasteiger partial charge is 0.464 e. The number of ether oxygens (including phenoxy) is 2. The number of nitrogens with one attached hydrogen (secondary N) is 2. The molecular weight excluding hydrogens is 556 g/mol. The minimum atomic E-state index is -2.80. The fourth-order valence-corrected chi connectivity index (χ4v) is 6.02. The number of aryl methyl sites for hydroxylation is 1. The number of methoxy groups -OCH3 is 1. The average Bonchev–Trinajstić information content (AvgIpc) is 3.63. The second-order valence-corrected chi connectivity index (χ2v) is 10.8. The lowest BCUT2D eigenvalue weighted by Crippen LogP contribution is -2.49. The number of aromatic nitrogens is 6. The molecule has 0 saturated heterocycles. The van der Waals surface area contributed by atoms with Gasteiger partial charge < -0.3 is 25.2 Å². The summed E-state index contributed by atoms with van der Waals surface area (Å²) in [5.41, 5.74) is -0.404. The number of pyridine rings is 2. The van der Waals surface area contributed by atoms with Crippen molar-refractivity contribution in [1.82, 2.24) is 34.2 Å². The summed E-state index contributed by atoms with van der Waals surface area (Å²) in [5, 5.41) is 20.7. The molecule has 43 heavy (non-hydrogen) atoms. The number of esters is 1. The van der Waals surface area contributed by atoms with Crippen molar-refractivity contribution in [2.45, 2.75) is 69.5 Å². The molecule has 4 aromatic rings. The molecule has 1 amide bonds. The first-order valence-corrected chi connectivity index (χ1v) is 14.3. The van der Waals surface area contributed by atoms with Gasteiger partial charge in [0.1, 0.15) is 11.6 Å². The summed E-state index contributed by atoms with van der Waals surface area (Å²) in [5.74, 6) is 0.214. The molecule has 4 aromatic heterocycles. The molecule has 0 spiro atoms. The first kappa shape index (κ1) is 24.0. The van der Waals surface area contributed by atoms with Crippen molar-refractivity contribution in [3.63, 3.8) is 0 Å². The van der Waals surface area contributed by atoms with Crippen LogP contribution >= 0.6 is 0 Å². The second-order valence-electron chi connectivity index (χ2n) is 10.8. The molecule has 14 heteroatoms. The highest BCUT2D eigenvalue weighted by molar-refractivity contribution is 5.86. The lowest BCUT2D eigenvalue weighted by molar-refractivity contribution is -0.159. The second kappa shape index (κ2) is 11.3. The SMILES string of the molecule is [2H]C([2H])([2H])n1c(=O)n([C@@H]2CC[C@@]([2H])(NC(=O)OC)C2)c2cc(Nc3ccc4c(CCO)nn(C5(C(=O)OCC)CCC5)c4n3)ncc21. The molecule has 4 heterocycles. The number of hydrogen-bond acceptors (Lipinski definition) is 10. The molecule has 2 fully saturated rings. The summed E-state index contributed by atoms with van der Waals surface area (Å²) in [6.45, 7) is -0.974. The number of aliphatic hydroxyl groups excluding tert-OH is 1. The smallest absolute Gasteiger partial charge is 0.407 e. The van der Waals surface area contributed by atoms with Gasteiger partial charge in [0.25, 0.3) is 0 Å².